The summed E-state index contributed by atoms with van der Waals surface area (Å²) in [5.74, 6) is -1.77. The molecule has 0 unspecified atom stereocenters. The van der Waals surface area contributed by atoms with Crippen LogP contribution in [-0.4, -0.2) is 16.5 Å². The van der Waals surface area contributed by atoms with Crippen molar-refractivity contribution >= 4 is 5.78 Å². The van der Waals surface area contributed by atoms with Gasteiger partial charge in [-0.3, -0.25) is 4.79 Å². The maximum atomic E-state index is 13.3. The molecule has 0 heterocycles. The Hall–Kier alpha value is -2.07. The van der Waals surface area contributed by atoms with Gasteiger partial charge in [-0.2, -0.15) is 0 Å². The van der Waals surface area contributed by atoms with Gasteiger partial charge < -0.3 is 5.11 Å². The number of ketones is 1. The van der Waals surface area contributed by atoms with Crippen LogP contribution in [0.25, 0.3) is 0 Å². The Morgan fingerprint density at radius 1 is 1.00 bits per heavy atom. The minimum atomic E-state index is -1.16. The van der Waals surface area contributed by atoms with Gasteiger partial charge in [0.05, 0.1) is 11.5 Å². The van der Waals surface area contributed by atoms with Crippen molar-refractivity contribution in [2.45, 2.75) is 37.7 Å². The smallest absolute Gasteiger partial charge is 0.136 e. The number of carbonyl (C=O) groups is 1. The lowest BCUT2D eigenvalue weighted by molar-refractivity contribution is -0.127. The van der Waals surface area contributed by atoms with Crippen molar-refractivity contribution in [1.29, 1.82) is 0 Å². The van der Waals surface area contributed by atoms with E-state index in [1.807, 2.05) is 0 Å². The first-order chi connectivity index (χ1) is 11.3. The highest BCUT2D eigenvalue weighted by molar-refractivity contribution is 5.81. The molecule has 1 N–H and O–H groups in total. The van der Waals surface area contributed by atoms with Crippen LogP contribution >= 0.6 is 0 Å². The third-order valence-corrected chi connectivity index (χ3v) is 5.09. The lowest BCUT2D eigenvalue weighted by Crippen LogP contribution is -2.36. The van der Waals surface area contributed by atoms with Crippen LogP contribution in [0.2, 0.25) is 0 Å². The van der Waals surface area contributed by atoms with E-state index in [0.717, 1.165) is 11.1 Å². The van der Waals surface area contributed by atoms with Crippen LogP contribution in [0.1, 0.15) is 43.2 Å². The minimum absolute atomic E-state index is 0.0982. The fourth-order valence-electron chi connectivity index (χ4n) is 4.15. The van der Waals surface area contributed by atoms with E-state index in [4.69, 9.17) is 0 Å². The Balaban J connectivity index is 2.10. The quantitative estimate of drug-likeness (QED) is 0.916. The Morgan fingerprint density at radius 3 is 1.92 bits per heavy atom. The molecular formula is C20H20F2O2. The fraction of sp³-hybridized carbons (Fsp3) is 0.350. The summed E-state index contributed by atoms with van der Waals surface area (Å²) >= 11 is 0. The molecule has 24 heavy (non-hydrogen) atoms. The normalized spacial score (nSPS) is 29.6. The molecule has 0 radical (unpaired) electrons. The van der Waals surface area contributed by atoms with Gasteiger partial charge in [0.25, 0.3) is 0 Å². The molecule has 4 atom stereocenters. The molecule has 0 aromatic heterocycles. The number of aliphatic hydroxyl groups is 1. The Bertz CT molecular complexity index is 735. The van der Waals surface area contributed by atoms with Crippen molar-refractivity contribution in [3.05, 3.63) is 71.3 Å². The van der Waals surface area contributed by atoms with E-state index in [0.29, 0.717) is 6.42 Å². The topological polar surface area (TPSA) is 37.3 Å². The number of carbonyl (C=O) groups excluding carboxylic acids is 1. The predicted octanol–water partition coefficient (Wildman–Crippen LogP) is 4.19. The monoisotopic (exact) mass is 330 g/mol. The molecule has 126 valence electrons. The van der Waals surface area contributed by atoms with Crippen LogP contribution in [0.3, 0.4) is 0 Å². The lowest BCUT2D eigenvalue weighted by atomic mass is 9.77. The zero-order chi connectivity index (χ0) is 17.5. The molecule has 1 fully saturated rings. The third-order valence-electron chi connectivity index (χ3n) is 5.09. The van der Waals surface area contributed by atoms with Crippen LogP contribution in [0.5, 0.6) is 0 Å². The van der Waals surface area contributed by atoms with Gasteiger partial charge >= 0.3 is 0 Å². The second-order valence-corrected chi connectivity index (χ2v) is 6.88. The van der Waals surface area contributed by atoms with Gasteiger partial charge in [0.15, 0.2) is 0 Å². The average Bonchev–Trinajstić information content (AvgIpc) is 2.80. The van der Waals surface area contributed by atoms with E-state index in [-0.39, 0.29) is 29.3 Å². The molecule has 0 aliphatic heterocycles. The summed E-state index contributed by atoms with van der Waals surface area (Å²) in [7, 11) is 0. The number of halogens is 2. The van der Waals surface area contributed by atoms with Crippen molar-refractivity contribution < 1.29 is 18.7 Å². The van der Waals surface area contributed by atoms with Crippen LogP contribution < -0.4 is 0 Å². The largest absolute Gasteiger partial charge is 0.389 e. The van der Waals surface area contributed by atoms with Gasteiger partial charge in [-0.25, -0.2) is 8.78 Å². The average molecular weight is 330 g/mol. The van der Waals surface area contributed by atoms with Gasteiger partial charge in [0.2, 0.25) is 0 Å². The van der Waals surface area contributed by atoms with E-state index in [2.05, 4.69) is 0 Å². The Kier molecular flexibility index (Phi) is 4.26. The molecule has 2 aromatic carbocycles. The van der Waals surface area contributed by atoms with Crippen molar-refractivity contribution in [2.75, 3.05) is 0 Å². The second kappa shape index (κ2) is 6.10. The van der Waals surface area contributed by atoms with Gasteiger partial charge in [0, 0.05) is 5.92 Å². The number of rotatable bonds is 3. The molecule has 3 rings (SSSR count). The molecule has 1 aliphatic rings. The summed E-state index contributed by atoms with van der Waals surface area (Å²) in [6.45, 7) is 3.14. The maximum Gasteiger partial charge on any atom is 0.136 e. The summed E-state index contributed by atoms with van der Waals surface area (Å²) < 4.78 is 26.5. The van der Waals surface area contributed by atoms with E-state index in [9.17, 15) is 18.7 Å². The van der Waals surface area contributed by atoms with Crippen molar-refractivity contribution in [1.82, 2.24) is 0 Å². The van der Waals surface area contributed by atoms with Crippen molar-refractivity contribution in [3.63, 3.8) is 0 Å². The zero-order valence-corrected chi connectivity index (χ0v) is 13.7. The van der Waals surface area contributed by atoms with Gasteiger partial charge in [-0.1, -0.05) is 24.3 Å². The van der Waals surface area contributed by atoms with Crippen LogP contribution in [-0.2, 0) is 4.79 Å². The van der Waals surface area contributed by atoms with Gasteiger partial charge in [0.1, 0.15) is 17.4 Å². The first kappa shape index (κ1) is 16.8. The fourth-order valence-corrected chi connectivity index (χ4v) is 4.15. The van der Waals surface area contributed by atoms with E-state index >= 15 is 0 Å². The summed E-state index contributed by atoms with van der Waals surface area (Å²) in [6.07, 6.45) is 0.394. The first-order valence-corrected chi connectivity index (χ1v) is 8.03. The molecule has 1 saturated carbocycles. The molecule has 2 nitrogen and oxygen atoms in total. The predicted molar refractivity (Wildman–Crippen MR) is 87.7 cm³/mol. The van der Waals surface area contributed by atoms with Crippen LogP contribution in [0.4, 0.5) is 8.78 Å². The number of hydrogen-bond acceptors (Lipinski definition) is 2. The number of benzene rings is 2. The molecule has 2 aromatic rings. The lowest BCUT2D eigenvalue weighted by Gasteiger charge is -2.28. The minimum Gasteiger partial charge on any atom is -0.389 e. The third kappa shape index (κ3) is 2.98. The highest BCUT2D eigenvalue weighted by Crippen LogP contribution is 2.54. The van der Waals surface area contributed by atoms with Gasteiger partial charge in [-0.05, 0) is 61.6 Å². The standard InChI is InChI=1S/C20H20F2O2/c1-12(23)19-18(14-5-9-16(22)10-6-14)17(11-20(19,2)24)13-3-7-15(21)8-4-13/h3-10,17-19,24H,11H2,1-2H3/t17-,18-,19+,20+/m0/s1. The zero-order valence-electron chi connectivity index (χ0n) is 13.7. The Labute approximate surface area is 140 Å². The number of hydrogen-bond donors (Lipinski definition) is 1. The molecule has 0 amide bonds. The molecule has 1 aliphatic carbocycles. The van der Waals surface area contributed by atoms with Crippen molar-refractivity contribution in [2.24, 2.45) is 5.92 Å². The summed E-state index contributed by atoms with van der Waals surface area (Å²) in [5.41, 5.74) is 0.516. The highest BCUT2D eigenvalue weighted by Gasteiger charge is 2.52. The van der Waals surface area contributed by atoms with Crippen LogP contribution in [0.15, 0.2) is 48.5 Å². The van der Waals surface area contributed by atoms with Gasteiger partial charge in [-0.15, -0.1) is 0 Å². The first-order valence-electron chi connectivity index (χ1n) is 8.03. The molecule has 0 spiro atoms. The summed E-state index contributed by atoms with van der Waals surface area (Å²) in [4.78, 5) is 12.2. The molecular weight excluding hydrogens is 310 g/mol. The molecule has 0 saturated heterocycles. The van der Waals surface area contributed by atoms with E-state index in [1.165, 1.54) is 31.2 Å². The number of Topliss-reactive ketones (excluding diaryl/α,β-unsaturated/α-hetero) is 1. The highest BCUT2D eigenvalue weighted by atomic mass is 19.1. The molecule has 4 heteroatoms. The molecule has 0 bridgehead atoms. The summed E-state index contributed by atoms with van der Waals surface area (Å²) in [5, 5.41) is 10.8. The second-order valence-electron chi connectivity index (χ2n) is 6.88. The van der Waals surface area contributed by atoms with E-state index in [1.54, 1.807) is 31.2 Å². The Morgan fingerprint density at radius 2 is 1.46 bits per heavy atom. The SMILES string of the molecule is CC(=O)[C@@H]1[C@@H](c2ccc(F)cc2)[C@H](c2ccc(F)cc2)C[C@@]1(C)O. The van der Waals surface area contributed by atoms with Crippen LogP contribution in [0, 0.1) is 17.6 Å². The van der Waals surface area contributed by atoms with Crippen molar-refractivity contribution in [3.8, 4) is 0 Å². The maximum absolute atomic E-state index is 13.3. The van der Waals surface area contributed by atoms with E-state index < -0.39 is 11.5 Å². The summed E-state index contributed by atoms with van der Waals surface area (Å²) in [6, 6.07) is 12.2.